The highest BCUT2D eigenvalue weighted by atomic mass is 32.2. The minimum Gasteiger partial charge on any atom is -0.492 e. The van der Waals surface area contributed by atoms with Crippen LogP contribution in [-0.4, -0.2) is 17.8 Å². The Hall–Kier alpha value is -2.92. The summed E-state index contributed by atoms with van der Waals surface area (Å²) in [6, 6.07) is 25.4. The van der Waals surface area contributed by atoms with E-state index in [1.807, 2.05) is 97.6 Å². The highest BCUT2D eigenvalue weighted by Crippen LogP contribution is 2.48. The zero-order chi connectivity index (χ0) is 20.2. The Balaban J connectivity index is 1.62. The van der Waals surface area contributed by atoms with Crippen LogP contribution in [0.3, 0.4) is 0 Å². The van der Waals surface area contributed by atoms with Gasteiger partial charge >= 0.3 is 0 Å². The molecule has 0 aliphatic carbocycles. The van der Waals surface area contributed by atoms with Gasteiger partial charge in [-0.05, 0) is 55.8 Å². The average molecular weight is 406 g/mol. The predicted octanol–water partition coefficient (Wildman–Crippen LogP) is 6.04. The summed E-state index contributed by atoms with van der Waals surface area (Å²) < 4.78 is 11.7. The lowest BCUT2D eigenvalue weighted by molar-refractivity contribution is -0.117. The molecule has 1 saturated heterocycles. The minimum absolute atomic E-state index is 0.0942. The highest BCUT2D eigenvalue weighted by molar-refractivity contribution is 8.01. The van der Waals surface area contributed by atoms with E-state index in [0.717, 1.165) is 28.5 Å². The third kappa shape index (κ3) is 4.10. The van der Waals surface area contributed by atoms with Crippen molar-refractivity contribution in [2.75, 3.05) is 11.5 Å². The number of para-hydroxylation sites is 3. The summed E-state index contributed by atoms with van der Waals surface area (Å²) in [4.78, 5) is 14.8. The Bertz CT molecular complexity index is 975. The molecular weight excluding hydrogens is 382 g/mol. The second-order valence-corrected chi connectivity index (χ2v) is 8.15. The smallest absolute Gasteiger partial charge is 0.241 e. The zero-order valence-electron chi connectivity index (χ0n) is 16.4. The van der Waals surface area contributed by atoms with Gasteiger partial charge in [-0.2, -0.15) is 0 Å². The number of carbonyl (C=O) groups excluding carboxylic acids is 1. The summed E-state index contributed by atoms with van der Waals surface area (Å²) in [5.74, 6) is 2.39. The third-order valence-electron chi connectivity index (χ3n) is 4.72. The van der Waals surface area contributed by atoms with Crippen LogP contribution in [0.4, 0.5) is 5.69 Å². The lowest BCUT2D eigenvalue weighted by Crippen LogP contribution is -2.30. The topological polar surface area (TPSA) is 38.8 Å². The van der Waals surface area contributed by atoms with Gasteiger partial charge in [0.25, 0.3) is 0 Å². The Morgan fingerprint density at radius 3 is 2.28 bits per heavy atom. The molecule has 0 unspecified atom stereocenters. The molecule has 1 aliphatic rings. The molecule has 5 heteroatoms. The van der Waals surface area contributed by atoms with Gasteiger partial charge in [-0.15, -0.1) is 11.8 Å². The van der Waals surface area contributed by atoms with Gasteiger partial charge in [-0.25, -0.2) is 0 Å². The first kappa shape index (κ1) is 19.4. The molecule has 0 radical (unpaired) electrons. The summed E-state index contributed by atoms with van der Waals surface area (Å²) in [5.41, 5.74) is 1.87. The number of ether oxygens (including phenoxy) is 2. The van der Waals surface area contributed by atoms with Crippen LogP contribution in [0.15, 0.2) is 78.9 Å². The molecule has 0 spiro atoms. The summed E-state index contributed by atoms with van der Waals surface area (Å²) in [7, 11) is 0. The van der Waals surface area contributed by atoms with Gasteiger partial charge in [-0.1, -0.05) is 42.5 Å². The molecule has 1 heterocycles. The fourth-order valence-electron chi connectivity index (χ4n) is 3.36. The monoisotopic (exact) mass is 405 g/mol. The van der Waals surface area contributed by atoms with Crippen molar-refractivity contribution >= 4 is 23.4 Å². The molecule has 0 N–H and O–H groups in total. The summed E-state index contributed by atoms with van der Waals surface area (Å²) in [6.45, 7) is 4.46. The summed E-state index contributed by atoms with van der Waals surface area (Å²) in [6.07, 6.45) is 0. The van der Waals surface area contributed by atoms with Crippen LogP contribution < -0.4 is 14.4 Å². The molecule has 2 atom stereocenters. The average Bonchev–Trinajstić information content (AvgIpc) is 3.04. The van der Waals surface area contributed by atoms with Crippen LogP contribution >= 0.6 is 11.8 Å². The summed E-state index contributed by atoms with van der Waals surface area (Å²) >= 11 is 1.65. The molecule has 0 aromatic heterocycles. The van der Waals surface area contributed by atoms with E-state index in [9.17, 15) is 4.79 Å². The first-order valence-corrected chi connectivity index (χ1v) is 10.6. The van der Waals surface area contributed by atoms with Gasteiger partial charge in [0.2, 0.25) is 5.91 Å². The SMILES string of the molecule is CCOc1ccccc1N1C(=O)[C@@H](C)S[C@@H]1c1ccc(Oc2ccccc2)cc1. The third-order valence-corrected chi connectivity index (χ3v) is 6.07. The van der Waals surface area contributed by atoms with E-state index in [-0.39, 0.29) is 16.5 Å². The first-order chi connectivity index (χ1) is 14.2. The van der Waals surface area contributed by atoms with Crippen molar-refractivity contribution in [1.29, 1.82) is 0 Å². The number of benzene rings is 3. The number of carbonyl (C=O) groups is 1. The minimum atomic E-state index is -0.116. The van der Waals surface area contributed by atoms with Gasteiger partial charge < -0.3 is 9.47 Å². The van der Waals surface area contributed by atoms with Crippen molar-refractivity contribution in [2.45, 2.75) is 24.5 Å². The van der Waals surface area contributed by atoms with Crippen LogP contribution in [-0.2, 0) is 4.79 Å². The number of amides is 1. The molecule has 1 aliphatic heterocycles. The van der Waals surface area contributed by atoms with Gasteiger partial charge in [0.15, 0.2) is 0 Å². The van der Waals surface area contributed by atoms with E-state index in [1.54, 1.807) is 11.8 Å². The largest absolute Gasteiger partial charge is 0.492 e. The van der Waals surface area contributed by atoms with E-state index < -0.39 is 0 Å². The number of thioether (sulfide) groups is 1. The van der Waals surface area contributed by atoms with E-state index in [0.29, 0.717) is 6.61 Å². The number of hydrogen-bond donors (Lipinski definition) is 0. The molecule has 4 nitrogen and oxygen atoms in total. The molecule has 148 valence electrons. The van der Waals surface area contributed by atoms with E-state index in [2.05, 4.69) is 0 Å². The van der Waals surface area contributed by atoms with Crippen molar-refractivity contribution in [3.63, 3.8) is 0 Å². The zero-order valence-corrected chi connectivity index (χ0v) is 17.3. The lowest BCUT2D eigenvalue weighted by Gasteiger charge is -2.26. The Labute approximate surface area is 175 Å². The van der Waals surface area contributed by atoms with Crippen LogP contribution in [0, 0.1) is 0 Å². The van der Waals surface area contributed by atoms with Crippen molar-refractivity contribution in [1.82, 2.24) is 0 Å². The molecule has 1 amide bonds. The maximum absolute atomic E-state index is 13.0. The maximum Gasteiger partial charge on any atom is 0.241 e. The second kappa shape index (κ2) is 8.62. The van der Waals surface area contributed by atoms with Gasteiger partial charge in [0, 0.05) is 0 Å². The molecule has 4 rings (SSSR count). The highest BCUT2D eigenvalue weighted by Gasteiger charge is 2.40. The molecular formula is C24H23NO3S. The second-order valence-electron chi connectivity index (χ2n) is 6.72. The lowest BCUT2D eigenvalue weighted by atomic mass is 10.1. The fraction of sp³-hybridized carbons (Fsp3) is 0.208. The van der Waals surface area contributed by atoms with E-state index in [1.165, 1.54) is 0 Å². The Kier molecular flexibility index (Phi) is 5.76. The predicted molar refractivity (Wildman–Crippen MR) is 118 cm³/mol. The molecule has 3 aromatic rings. The summed E-state index contributed by atoms with van der Waals surface area (Å²) in [5, 5.41) is -0.222. The van der Waals surface area contributed by atoms with Gasteiger partial charge in [-0.3, -0.25) is 9.69 Å². The molecule has 29 heavy (non-hydrogen) atoms. The quantitative estimate of drug-likeness (QED) is 0.501. The van der Waals surface area contributed by atoms with E-state index in [4.69, 9.17) is 9.47 Å². The number of hydrogen-bond acceptors (Lipinski definition) is 4. The standard InChI is InChI=1S/C24H23NO3S/c1-3-27-22-12-8-7-11-21(22)25-23(26)17(2)29-24(25)18-13-15-20(16-14-18)28-19-9-5-4-6-10-19/h4-17,24H,3H2,1-2H3/t17-,24-/m1/s1. The van der Waals surface area contributed by atoms with Crippen LogP contribution in [0.2, 0.25) is 0 Å². The van der Waals surface area contributed by atoms with Gasteiger partial charge in [0.1, 0.15) is 22.6 Å². The van der Waals surface area contributed by atoms with Crippen molar-refractivity contribution in [2.24, 2.45) is 0 Å². The number of nitrogens with zero attached hydrogens (tertiary/aromatic N) is 1. The molecule has 0 bridgehead atoms. The van der Waals surface area contributed by atoms with Crippen LogP contribution in [0.5, 0.6) is 17.2 Å². The normalized spacial score (nSPS) is 18.7. The Morgan fingerprint density at radius 2 is 1.55 bits per heavy atom. The van der Waals surface area contributed by atoms with Crippen LogP contribution in [0.25, 0.3) is 0 Å². The van der Waals surface area contributed by atoms with E-state index >= 15 is 0 Å². The number of anilines is 1. The molecule has 1 fully saturated rings. The van der Waals surface area contributed by atoms with Crippen molar-refractivity contribution < 1.29 is 14.3 Å². The fourth-order valence-corrected chi connectivity index (χ4v) is 4.63. The Morgan fingerprint density at radius 1 is 0.897 bits per heavy atom. The van der Waals surface area contributed by atoms with Crippen molar-refractivity contribution in [3.8, 4) is 17.2 Å². The first-order valence-electron chi connectivity index (χ1n) is 9.70. The maximum atomic E-state index is 13.0. The molecule has 0 saturated carbocycles. The van der Waals surface area contributed by atoms with Crippen LogP contribution in [0.1, 0.15) is 24.8 Å². The van der Waals surface area contributed by atoms with Crippen molar-refractivity contribution in [3.05, 3.63) is 84.4 Å². The molecule has 3 aromatic carbocycles. The number of rotatable bonds is 6. The van der Waals surface area contributed by atoms with Gasteiger partial charge in [0.05, 0.1) is 17.5 Å².